The molecule has 0 radical (unpaired) electrons. The van der Waals surface area contributed by atoms with Crippen molar-refractivity contribution in [1.82, 2.24) is 9.78 Å². The lowest BCUT2D eigenvalue weighted by atomic mass is 10.5. The summed E-state index contributed by atoms with van der Waals surface area (Å²) >= 11 is 7.55. The highest BCUT2D eigenvalue weighted by atomic mass is 127. The molecule has 0 aliphatic carbocycles. The van der Waals surface area contributed by atoms with Crippen molar-refractivity contribution in [3.63, 3.8) is 0 Å². The van der Waals surface area contributed by atoms with E-state index in [0.717, 1.165) is 3.57 Å². The lowest BCUT2D eigenvalue weighted by Crippen LogP contribution is -2.22. The molecule has 1 aromatic heterocycles. The lowest BCUT2D eigenvalue weighted by Gasteiger charge is -2.00. The van der Waals surface area contributed by atoms with Crippen molar-refractivity contribution >= 4 is 34.2 Å². The van der Waals surface area contributed by atoms with Crippen LogP contribution >= 0.6 is 34.2 Å². The summed E-state index contributed by atoms with van der Waals surface area (Å²) in [5, 5.41) is 4.26. The van der Waals surface area contributed by atoms with Crippen molar-refractivity contribution in [2.24, 2.45) is 0 Å². The molecule has 3 nitrogen and oxygen atoms in total. The maximum Gasteiger partial charge on any atom is 0.268 e. The van der Waals surface area contributed by atoms with Crippen molar-refractivity contribution in [2.75, 3.05) is 0 Å². The van der Waals surface area contributed by atoms with Gasteiger partial charge in [0.05, 0.1) is 12.7 Å². The number of halogens is 2. The van der Waals surface area contributed by atoms with Gasteiger partial charge in [-0.15, -0.1) is 0 Å². The first-order valence-electron chi connectivity index (χ1n) is 3.15. The third-order valence-corrected chi connectivity index (χ3v) is 1.87. The third-order valence-electron chi connectivity index (χ3n) is 1.16. The second kappa shape index (κ2) is 4.04. The number of rotatable bonds is 2. The first kappa shape index (κ1) is 9.73. The average Bonchev–Trinajstić information content (AvgIpc) is 1.94. The molecule has 0 bridgehead atoms. The minimum atomic E-state index is -0.163. The van der Waals surface area contributed by atoms with Gasteiger partial charge in [0.2, 0.25) is 0 Å². The predicted molar refractivity (Wildman–Crippen MR) is 56.2 cm³/mol. The first-order valence-corrected chi connectivity index (χ1v) is 4.61. The molecule has 5 heteroatoms. The molecule has 64 valence electrons. The van der Waals surface area contributed by atoms with Crippen LogP contribution in [-0.2, 0) is 6.54 Å². The van der Waals surface area contributed by atoms with E-state index >= 15 is 0 Å². The summed E-state index contributed by atoms with van der Waals surface area (Å²) in [6, 6.07) is 1.49. The fraction of sp³-hybridized carbons (Fsp3) is 0.143. The highest BCUT2D eigenvalue weighted by Gasteiger charge is 1.98. The third kappa shape index (κ3) is 2.60. The minimum absolute atomic E-state index is 0.163. The summed E-state index contributed by atoms with van der Waals surface area (Å²) < 4.78 is 2.08. The lowest BCUT2D eigenvalue weighted by molar-refractivity contribution is 0.643. The molecule has 0 unspecified atom stereocenters. The number of allylic oxidation sites excluding steroid dienone is 1. The predicted octanol–water partition coefficient (Wildman–Crippen LogP) is 1.60. The normalized spacial score (nSPS) is 9.83. The molecule has 0 N–H and O–H groups in total. The molecular weight excluding hydrogens is 290 g/mol. The first-order chi connectivity index (χ1) is 5.59. The molecule has 0 saturated heterocycles. The Balaban J connectivity index is 3.02. The van der Waals surface area contributed by atoms with Crippen molar-refractivity contribution in [3.8, 4) is 0 Å². The van der Waals surface area contributed by atoms with Gasteiger partial charge in [-0.25, -0.2) is 4.68 Å². The van der Waals surface area contributed by atoms with Gasteiger partial charge < -0.3 is 0 Å². The summed E-state index contributed by atoms with van der Waals surface area (Å²) in [5.41, 5.74) is -0.163. The molecular formula is C7H6ClIN2O. The topological polar surface area (TPSA) is 34.9 Å². The van der Waals surface area contributed by atoms with Crippen molar-refractivity contribution in [2.45, 2.75) is 6.54 Å². The standard InChI is InChI=1S/C7H6ClIN2O/c1-5(8)4-11-7(12)2-6(9)3-10-11/h2-3H,1,4H2. The molecule has 0 fully saturated rings. The Hall–Kier alpha value is -0.360. The molecule has 0 aliphatic heterocycles. The molecule has 0 saturated carbocycles. The van der Waals surface area contributed by atoms with Gasteiger partial charge in [-0.3, -0.25) is 4.79 Å². The maximum atomic E-state index is 11.2. The van der Waals surface area contributed by atoms with Gasteiger partial charge in [-0.2, -0.15) is 5.10 Å². The van der Waals surface area contributed by atoms with E-state index in [2.05, 4.69) is 11.7 Å². The number of nitrogens with zero attached hydrogens (tertiary/aromatic N) is 2. The molecule has 1 heterocycles. The Morgan fingerprint density at radius 1 is 1.83 bits per heavy atom. The Labute approximate surface area is 88.2 Å². The smallest absolute Gasteiger partial charge is 0.268 e. The van der Waals surface area contributed by atoms with Crippen molar-refractivity contribution < 1.29 is 0 Å². The van der Waals surface area contributed by atoms with Crippen LogP contribution < -0.4 is 5.56 Å². The minimum Gasteiger partial charge on any atom is -0.268 e. The molecule has 0 atom stereocenters. The molecule has 12 heavy (non-hydrogen) atoms. The van der Waals surface area contributed by atoms with Gasteiger partial charge in [0.25, 0.3) is 5.56 Å². The van der Waals surface area contributed by atoms with Crippen LogP contribution in [0.2, 0.25) is 0 Å². The number of hydrogen-bond acceptors (Lipinski definition) is 2. The van der Waals surface area contributed by atoms with Gasteiger partial charge in [-0.1, -0.05) is 18.2 Å². The Morgan fingerprint density at radius 2 is 2.50 bits per heavy atom. The van der Waals surface area contributed by atoms with E-state index in [0.29, 0.717) is 5.03 Å². The largest absolute Gasteiger partial charge is 0.268 e. The zero-order valence-electron chi connectivity index (χ0n) is 6.13. The van der Waals surface area contributed by atoms with E-state index in [9.17, 15) is 4.79 Å². The van der Waals surface area contributed by atoms with Crippen LogP contribution in [0.25, 0.3) is 0 Å². The Morgan fingerprint density at radius 3 is 3.00 bits per heavy atom. The van der Waals surface area contributed by atoms with Crippen molar-refractivity contribution in [1.29, 1.82) is 0 Å². The van der Waals surface area contributed by atoms with Crippen LogP contribution in [0.5, 0.6) is 0 Å². The second-order valence-electron chi connectivity index (χ2n) is 2.19. The molecule has 0 spiro atoms. The van der Waals surface area contributed by atoms with Gasteiger partial charge in [0, 0.05) is 14.7 Å². The van der Waals surface area contributed by atoms with Crippen molar-refractivity contribution in [3.05, 3.63) is 37.8 Å². The Kier molecular flexibility index (Phi) is 3.28. The SMILES string of the molecule is C=C(Cl)Cn1ncc(I)cc1=O. The van der Waals surface area contributed by atoms with E-state index in [1.54, 1.807) is 6.20 Å². The van der Waals surface area contributed by atoms with E-state index in [4.69, 9.17) is 11.6 Å². The van der Waals surface area contributed by atoms with Gasteiger partial charge in [0.15, 0.2) is 0 Å². The second-order valence-corrected chi connectivity index (χ2v) is 3.97. The summed E-state index contributed by atoms with van der Waals surface area (Å²) in [4.78, 5) is 11.2. The number of aromatic nitrogens is 2. The van der Waals surface area contributed by atoms with Crippen LogP contribution in [0.15, 0.2) is 28.7 Å². The zero-order chi connectivity index (χ0) is 9.14. The van der Waals surface area contributed by atoms with Gasteiger partial charge in [0.1, 0.15) is 0 Å². The summed E-state index contributed by atoms with van der Waals surface area (Å²) in [7, 11) is 0. The highest BCUT2D eigenvalue weighted by molar-refractivity contribution is 14.1. The maximum absolute atomic E-state index is 11.2. The Bertz CT molecular complexity index is 361. The number of hydrogen-bond donors (Lipinski definition) is 0. The molecule has 0 amide bonds. The summed E-state index contributed by atoms with van der Waals surface area (Å²) in [5.74, 6) is 0. The molecule has 0 aliphatic rings. The van der Waals surface area contributed by atoms with E-state index in [1.807, 2.05) is 22.6 Å². The van der Waals surface area contributed by atoms with E-state index < -0.39 is 0 Å². The molecule has 1 aromatic rings. The fourth-order valence-corrected chi connectivity index (χ4v) is 1.20. The summed E-state index contributed by atoms with van der Waals surface area (Å²) in [6.07, 6.45) is 1.60. The monoisotopic (exact) mass is 296 g/mol. The van der Waals surface area contributed by atoms with Crippen LogP contribution in [0.4, 0.5) is 0 Å². The van der Waals surface area contributed by atoms with Crippen LogP contribution in [0.3, 0.4) is 0 Å². The highest BCUT2D eigenvalue weighted by Crippen LogP contribution is 2.00. The molecule has 1 rings (SSSR count). The van der Waals surface area contributed by atoms with Gasteiger partial charge in [-0.05, 0) is 22.6 Å². The van der Waals surface area contributed by atoms with Crippen LogP contribution in [-0.4, -0.2) is 9.78 Å². The van der Waals surface area contributed by atoms with E-state index in [-0.39, 0.29) is 12.1 Å². The van der Waals surface area contributed by atoms with Crippen LogP contribution in [0.1, 0.15) is 0 Å². The summed E-state index contributed by atoms with van der Waals surface area (Å²) in [6.45, 7) is 3.74. The van der Waals surface area contributed by atoms with Crippen LogP contribution in [0, 0.1) is 3.57 Å². The van der Waals surface area contributed by atoms with E-state index in [1.165, 1.54) is 10.7 Å². The average molecular weight is 296 g/mol. The fourth-order valence-electron chi connectivity index (χ4n) is 0.693. The molecule has 0 aromatic carbocycles. The zero-order valence-corrected chi connectivity index (χ0v) is 9.04. The quantitative estimate of drug-likeness (QED) is 0.777. The van der Waals surface area contributed by atoms with Gasteiger partial charge >= 0.3 is 0 Å².